The standard InChI is InChI=1S/C22H26F6N8O2/c1-12(33-16-11-32-34-18(37)17(16)22(26,27)28)8-29-15-4-7-36(19(15)38)14-2-5-35(6-3-14)20-30-9-13(10-31-20)21(23,24)25/h9-12,14-15,17,29H,2-8H2,1H3,(H,34,37)/t12-,15+,17?/m1/s1. The second kappa shape index (κ2) is 10.8. The van der Waals surface area contributed by atoms with E-state index in [1.54, 1.807) is 22.1 Å². The fourth-order valence-corrected chi connectivity index (χ4v) is 4.73. The minimum atomic E-state index is -4.81. The number of rotatable bonds is 6. The number of aromatic nitrogens is 2. The Hall–Kier alpha value is -3.30. The van der Waals surface area contributed by atoms with E-state index in [0.717, 1.165) is 18.6 Å². The van der Waals surface area contributed by atoms with Gasteiger partial charge in [0.2, 0.25) is 11.9 Å². The number of amides is 2. The van der Waals surface area contributed by atoms with Crippen molar-refractivity contribution in [2.75, 3.05) is 31.1 Å². The number of alkyl halides is 6. The minimum Gasteiger partial charge on any atom is -0.341 e. The number of likely N-dealkylation sites (tertiary alicyclic amines) is 1. The molecule has 0 bridgehead atoms. The number of nitrogens with zero attached hydrogens (tertiary/aromatic N) is 6. The molecule has 208 valence electrons. The van der Waals surface area contributed by atoms with E-state index < -0.39 is 47.5 Å². The Morgan fingerprint density at radius 3 is 2.34 bits per heavy atom. The van der Waals surface area contributed by atoms with Crippen LogP contribution in [0.4, 0.5) is 32.3 Å². The van der Waals surface area contributed by atoms with Crippen molar-refractivity contribution >= 4 is 29.7 Å². The SMILES string of the molecule is C[C@H](CN[C@H]1CCN(C2CCN(c3ncc(C(F)(F)F)cn3)CC2)C1=O)N=C1C=NNC(=O)C1C(F)(F)F. The van der Waals surface area contributed by atoms with Crippen molar-refractivity contribution in [3.8, 4) is 0 Å². The number of nitrogens with one attached hydrogen (secondary N) is 2. The van der Waals surface area contributed by atoms with E-state index in [1.807, 2.05) is 0 Å². The topological polar surface area (TPSA) is 115 Å². The number of halogens is 6. The van der Waals surface area contributed by atoms with Gasteiger partial charge in [-0.15, -0.1) is 0 Å². The van der Waals surface area contributed by atoms with Crippen molar-refractivity contribution in [1.82, 2.24) is 25.6 Å². The molecule has 38 heavy (non-hydrogen) atoms. The normalized spacial score (nSPS) is 25.3. The molecule has 0 aromatic carbocycles. The van der Waals surface area contributed by atoms with E-state index in [4.69, 9.17) is 0 Å². The first-order valence-corrected chi connectivity index (χ1v) is 12.0. The molecule has 0 aliphatic carbocycles. The quantitative estimate of drug-likeness (QED) is 0.524. The van der Waals surface area contributed by atoms with E-state index in [-0.39, 0.29) is 24.4 Å². The largest absolute Gasteiger partial charge is 0.419 e. The van der Waals surface area contributed by atoms with Gasteiger partial charge in [-0.1, -0.05) is 0 Å². The molecular weight excluding hydrogens is 522 g/mol. The van der Waals surface area contributed by atoms with Crippen molar-refractivity contribution < 1.29 is 35.9 Å². The second-order valence-corrected chi connectivity index (χ2v) is 9.38. The first kappa shape index (κ1) is 27.7. The average Bonchev–Trinajstić information content (AvgIpc) is 3.21. The Morgan fingerprint density at radius 2 is 1.74 bits per heavy atom. The second-order valence-electron chi connectivity index (χ2n) is 9.38. The zero-order valence-corrected chi connectivity index (χ0v) is 20.3. The number of aliphatic imine (C=N–C) groups is 1. The van der Waals surface area contributed by atoms with Crippen LogP contribution in [-0.2, 0) is 15.8 Å². The first-order valence-electron chi connectivity index (χ1n) is 12.0. The number of hydrogen-bond acceptors (Lipinski definition) is 8. The Morgan fingerprint density at radius 1 is 1.08 bits per heavy atom. The summed E-state index contributed by atoms with van der Waals surface area (Å²) in [5.74, 6) is -3.62. The Bertz CT molecular complexity index is 1080. The number of piperidine rings is 1. The Kier molecular flexibility index (Phi) is 7.90. The summed E-state index contributed by atoms with van der Waals surface area (Å²) in [4.78, 5) is 39.8. The summed E-state index contributed by atoms with van der Waals surface area (Å²) in [5.41, 5.74) is 0.385. The van der Waals surface area contributed by atoms with Crippen LogP contribution in [0.15, 0.2) is 22.5 Å². The number of hydrazone groups is 1. The van der Waals surface area contributed by atoms with Crippen molar-refractivity contribution in [2.45, 2.75) is 56.7 Å². The van der Waals surface area contributed by atoms with Gasteiger partial charge in [0, 0.05) is 44.6 Å². The van der Waals surface area contributed by atoms with Crippen LogP contribution in [0.2, 0.25) is 0 Å². The lowest BCUT2D eigenvalue weighted by Gasteiger charge is -2.36. The van der Waals surface area contributed by atoms with Crippen molar-refractivity contribution in [3.63, 3.8) is 0 Å². The van der Waals surface area contributed by atoms with E-state index in [2.05, 4.69) is 25.4 Å². The Balaban J connectivity index is 1.27. The summed E-state index contributed by atoms with van der Waals surface area (Å²) in [7, 11) is 0. The molecule has 16 heteroatoms. The van der Waals surface area contributed by atoms with E-state index in [1.165, 1.54) is 0 Å². The lowest BCUT2D eigenvalue weighted by atomic mass is 10.0. The molecule has 0 radical (unpaired) electrons. The van der Waals surface area contributed by atoms with Crippen molar-refractivity contribution in [1.29, 1.82) is 0 Å². The van der Waals surface area contributed by atoms with Crippen LogP contribution in [0.25, 0.3) is 0 Å². The molecule has 3 aliphatic heterocycles. The maximum absolute atomic E-state index is 13.3. The third kappa shape index (κ3) is 6.22. The van der Waals surface area contributed by atoms with Gasteiger partial charge < -0.3 is 15.1 Å². The average molecular weight is 548 g/mol. The summed E-state index contributed by atoms with van der Waals surface area (Å²) in [6, 6.07) is -1.22. The van der Waals surface area contributed by atoms with Gasteiger partial charge in [0.25, 0.3) is 5.91 Å². The highest BCUT2D eigenvalue weighted by atomic mass is 19.4. The lowest BCUT2D eigenvalue weighted by molar-refractivity contribution is -0.168. The van der Waals surface area contributed by atoms with E-state index >= 15 is 0 Å². The van der Waals surface area contributed by atoms with Gasteiger partial charge >= 0.3 is 12.4 Å². The first-order chi connectivity index (χ1) is 17.8. The molecule has 3 aliphatic rings. The molecule has 4 heterocycles. The smallest absolute Gasteiger partial charge is 0.341 e. The molecule has 2 saturated heterocycles. The van der Waals surface area contributed by atoms with Crippen molar-refractivity contribution in [3.05, 3.63) is 18.0 Å². The predicted octanol–water partition coefficient (Wildman–Crippen LogP) is 1.78. The molecule has 0 spiro atoms. The maximum atomic E-state index is 13.3. The van der Waals surface area contributed by atoms with E-state index in [9.17, 15) is 35.9 Å². The molecule has 0 saturated carbocycles. The fourth-order valence-electron chi connectivity index (χ4n) is 4.73. The molecule has 1 unspecified atom stereocenters. The lowest BCUT2D eigenvalue weighted by Crippen LogP contribution is -2.49. The molecule has 2 fully saturated rings. The molecule has 2 N–H and O–H groups in total. The zero-order valence-electron chi connectivity index (χ0n) is 20.3. The monoisotopic (exact) mass is 548 g/mol. The number of hydrogen-bond donors (Lipinski definition) is 2. The number of carbonyl (C=O) groups is 2. The van der Waals surface area contributed by atoms with Gasteiger partial charge in [0.05, 0.1) is 29.6 Å². The highest BCUT2D eigenvalue weighted by Crippen LogP contribution is 2.30. The van der Waals surface area contributed by atoms with E-state index in [0.29, 0.717) is 38.9 Å². The van der Waals surface area contributed by atoms with Gasteiger partial charge in [0.15, 0.2) is 5.92 Å². The molecule has 1 aromatic rings. The number of carbonyl (C=O) groups excluding carboxylic acids is 2. The van der Waals surface area contributed by atoms with Crippen LogP contribution < -0.4 is 15.6 Å². The zero-order chi connectivity index (χ0) is 27.7. The van der Waals surface area contributed by atoms with Crippen LogP contribution in [0.3, 0.4) is 0 Å². The highest BCUT2D eigenvalue weighted by Gasteiger charge is 2.49. The number of anilines is 1. The molecular formula is C22H26F6N8O2. The van der Waals surface area contributed by atoms with Crippen LogP contribution in [0.1, 0.15) is 31.7 Å². The molecule has 10 nitrogen and oxygen atoms in total. The molecule has 4 rings (SSSR count). The third-order valence-electron chi connectivity index (χ3n) is 6.68. The van der Waals surface area contributed by atoms with Crippen LogP contribution >= 0.6 is 0 Å². The molecule has 1 aromatic heterocycles. The highest BCUT2D eigenvalue weighted by molar-refractivity contribution is 6.37. The van der Waals surface area contributed by atoms with Gasteiger partial charge in [-0.25, -0.2) is 15.4 Å². The van der Waals surface area contributed by atoms with Gasteiger partial charge in [-0.2, -0.15) is 31.4 Å². The third-order valence-corrected chi connectivity index (χ3v) is 6.68. The van der Waals surface area contributed by atoms with Crippen LogP contribution in [-0.4, -0.2) is 89.1 Å². The summed E-state index contributed by atoms with van der Waals surface area (Å²) < 4.78 is 77.9. The van der Waals surface area contributed by atoms with Gasteiger partial charge in [0.1, 0.15) is 0 Å². The maximum Gasteiger partial charge on any atom is 0.419 e. The predicted molar refractivity (Wildman–Crippen MR) is 123 cm³/mol. The van der Waals surface area contributed by atoms with Crippen LogP contribution in [0.5, 0.6) is 0 Å². The molecule has 3 atom stereocenters. The van der Waals surface area contributed by atoms with Gasteiger partial charge in [-0.3, -0.25) is 14.6 Å². The van der Waals surface area contributed by atoms with Crippen molar-refractivity contribution in [2.24, 2.45) is 16.0 Å². The molecule has 2 amide bonds. The minimum absolute atomic E-state index is 0.0535. The summed E-state index contributed by atoms with van der Waals surface area (Å²) >= 11 is 0. The Labute approximate surface area is 213 Å². The summed E-state index contributed by atoms with van der Waals surface area (Å²) in [5, 5.41) is 6.47. The fraction of sp³-hybridized carbons (Fsp3) is 0.636. The van der Waals surface area contributed by atoms with Crippen LogP contribution in [0, 0.1) is 5.92 Å². The summed E-state index contributed by atoms with van der Waals surface area (Å²) in [6.45, 7) is 3.15. The summed E-state index contributed by atoms with van der Waals surface area (Å²) in [6.07, 6.45) is -5.25. The van der Waals surface area contributed by atoms with Gasteiger partial charge in [-0.05, 0) is 26.2 Å².